The van der Waals surface area contributed by atoms with Crippen LogP contribution in [-0.4, -0.2) is 27.9 Å². The Balaban J connectivity index is 2.18. The van der Waals surface area contributed by atoms with Gasteiger partial charge in [-0.25, -0.2) is 9.97 Å². The number of carbonyl (C=O) groups excluding carboxylic acids is 1. The Labute approximate surface area is 146 Å². The molecular weight excluding hydrogens is 384 g/mol. The Kier molecular flexibility index (Phi) is 4.16. The van der Waals surface area contributed by atoms with E-state index in [0.29, 0.717) is 35.1 Å². The molecule has 1 aliphatic heterocycles. The quantitative estimate of drug-likeness (QED) is 0.842. The molecule has 120 valence electrons. The van der Waals surface area contributed by atoms with Crippen LogP contribution in [0.1, 0.15) is 18.2 Å². The van der Waals surface area contributed by atoms with E-state index in [4.69, 9.17) is 22.1 Å². The molecule has 0 atom stereocenters. The lowest BCUT2D eigenvalue weighted by molar-refractivity contribution is -0.129. The lowest BCUT2D eigenvalue weighted by atomic mass is 10.1. The highest BCUT2D eigenvalue weighted by Crippen LogP contribution is 2.39. The van der Waals surface area contributed by atoms with Crippen LogP contribution in [0.2, 0.25) is 5.02 Å². The smallest absolute Gasteiger partial charge is 0.220 e. The van der Waals surface area contributed by atoms with E-state index >= 15 is 0 Å². The minimum atomic E-state index is -0.0213. The van der Waals surface area contributed by atoms with Crippen LogP contribution in [0.25, 0.3) is 11.3 Å². The fourth-order valence-corrected chi connectivity index (χ4v) is 3.48. The van der Waals surface area contributed by atoms with Gasteiger partial charge in [0.25, 0.3) is 0 Å². The van der Waals surface area contributed by atoms with Crippen molar-refractivity contribution >= 4 is 39.4 Å². The van der Waals surface area contributed by atoms with Crippen molar-refractivity contribution in [1.82, 2.24) is 14.9 Å². The lowest BCUT2D eigenvalue weighted by Crippen LogP contribution is -2.21. The number of carbonyl (C=O) groups is 1. The zero-order chi connectivity index (χ0) is 16.7. The molecule has 0 saturated carbocycles. The molecule has 1 aromatic carbocycles. The summed E-state index contributed by atoms with van der Waals surface area (Å²) in [7, 11) is 1.58. The Morgan fingerprint density at radius 3 is 2.78 bits per heavy atom. The van der Waals surface area contributed by atoms with Crippen molar-refractivity contribution in [3.05, 3.63) is 32.9 Å². The predicted molar refractivity (Wildman–Crippen MR) is 91.1 cm³/mol. The second-order valence-electron chi connectivity index (χ2n) is 5.20. The van der Waals surface area contributed by atoms with Crippen molar-refractivity contribution in [2.75, 3.05) is 12.8 Å². The summed E-state index contributed by atoms with van der Waals surface area (Å²) in [4.78, 5) is 21.9. The molecule has 2 aromatic rings. The van der Waals surface area contributed by atoms with Crippen molar-refractivity contribution < 1.29 is 9.53 Å². The van der Waals surface area contributed by atoms with Gasteiger partial charge in [-0.3, -0.25) is 4.79 Å². The van der Waals surface area contributed by atoms with E-state index in [1.54, 1.807) is 24.1 Å². The summed E-state index contributed by atoms with van der Waals surface area (Å²) in [6.07, 6.45) is 0. The van der Waals surface area contributed by atoms with Gasteiger partial charge in [-0.15, -0.1) is 0 Å². The summed E-state index contributed by atoms with van der Waals surface area (Å²) in [6, 6.07) is 3.54. The standard InChI is InChI=1S/C15H14BrClN4O2/c1-7(22)21-5-9-12(6-21)19-15(18)20-14(9)8-3-13(23-2)10(16)4-11(8)17/h3-4H,5-6H2,1-2H3,(H2,18,19,20). The Morgan fingerprint density at radius 2 is 2.13 bits per heavy atom. The van der Waals surface area contributed by atoms with Gasteiger partial charge < -0.3 is 15.4 Å². The van der Waals surface area contributed by atoms with Gasteiger partial charge in [-0.2, -0.15) is 0 Å². The van der Waals surface area contributed by atoms with Gasteiger partial charge in [0, 0.05) is 18.1 Å². The third-order valence-electron chi connectivity index (χ3n) is 3.74. The average Bonchev–Trinajstić information content (AvgIpc) is 2.91. The molecule has 1 amide bonds. The maximum absolute atomic E-state index is 11.7. The first-order valence-corrected chi connectivity index (χ1v) is 8.02. The summed E-state index contributed by atoms with van der Waals surface area (Å²) in [5, 5.41) is 0.513. The number of nitrogens with zero attached hydrogens (tertiary/aromatic N) is 3. The maximum Gasteiger partial charge on any atom is 0.220 e. The first-order chi connectivity index (χ1) is 10.9. The number of amides is 1. The number of methoxy groups -OCH3 is 1. The molecule has 1 aliphatic rings. The first-order valence-electron chi connectivity index (χ1n) is 6.85. The molecule has 0 spiro atoms. The third-order valence-corrected chi connectivity index (χ3v) is 4.67. The molecule has 0 aliphatic carbocycles. The SMILES string of the molecule is COc1cc(-c2nc(N)nc3c2CN(C(C)=O)C3)c(Cl)cc1Br. The molecule has 0 fully saturated rings. The zero-order valence-corrected chi connectivity index (χ0v) is 14.9. The molecule has 0 unspecified atom stereocenters. The molecule has 0 saturated heterocycles. The molecule has 3 rings (SSSR count). The van der Waals surface area contributed by atoms with Gasteiger partial charge in [-0.05, 0) is 28.1 Å². The summed E-state index contributed by atoms with van der Waals surface area (Å²) in [5.74, 6) is 0.769. The van der Waals surface area contributed by atoms with Gasteiger partial charge in [0.1, 0.15) is 5.75 Å². The van der Waals surface area contributed by atoms with E-state index in [-0.39, 0.29) is 11.9 Å². The van der Waals surface area contributed by atoms with E-state index in [1.807, 2.05) is 0 Å². The number of ether oxygens (including phenoxy) is 1. The molecule has 23 heavy (non-hydrogen) atoms. The van der Waals surface area contributed by atoms with E-state index in [9.17, 15) is 4.79 Å². The number of nitrogens with two attached hydrogens (primary N) is 1. The molecule has 0 bridgehead atoms. The number of nitrogen functional groups attached to an aromatic ring is 1. The van der Waals surface area contributed by atoms with Gasteiger partial charge in [0.05, 0.1) is 41.1 Å². The molecule has 1 aromatic heterocycles. The van der Waals surface area contributed by atoms with Crippen LogP contribution in [-0.2, 0) is 17.9 Å². The number of rotatable bonds is 2. The summed E-state index contributed by atoms with van der Waals surface area (Å²) < 4.78 is 6.07. The topological polar surface area (TPSA) is 81.3 Å². The largest absolute Gasteiger partial charge is 0.496 e. The van der Waals surface area contributed by atoms with Crippen LogP contribution in [0, 0.1) is 0 Å². The van der Waals surface area contributed by atoms with Crippen LogP contribution in [0.3, 0.4) is 0 Å². The monoisotopic (exact) mass is 396 g/mol. The van der Waals surface area contributed by atoms with E-state index < -0.39 is 0 Å². The number of fused-ring (bicyclic) bond motifs is 1. The van der Waals surface area contributed by atoms with Crippen molar-refractivity contribution in [2.45, 2.75) is 20.0 Å². The van der Waals surface area contributed by atoms with Gasteiger partial charge in [0.15, 0.2) is 0 Å². The number of aromatic nitrogens is 2. The van der Waals surface area contributed by atoms with Crippen LogP contribution in [0.5, 0.6) is 5.75 Å². The minimum absolute atomic E-state index is 0.0213. The van der Waals surface area contributed by atoms with E-state index in [1.165, 1.54) is 6.92 Å². The molecule has 6 nitrogen and oxygen atoms in total. The van der Waals surface area contributed by atoms with Gasteiger partial charge >= 0.3 is 0 Å². The highest BCUT2D eigenvalue weighted by atomic mass is 79.9. The van der Waals surface area contributed by atoms with E-state index in [2.05, 4.69) is 25.9 Å². The van der Waals surface area contributed by atoms with E-state index in [0.717, 1.165) is 15.7 Å². The van der Waals surface area contributed by atoms with Crippen LogP contribution in [0.15, 0.2) is 16.6 Å². The van der Waals surface area contributed by atoms with Gasteiger partial charge in [0.2, 0.25) is 11.9 Å². The second kappa shape index (κ2) is 5.98. The number of halogens is 2. The predicted octanol–water partition coefficient (Wildman–Crippen LogP) is 3.01. The summed E-state index contributed by atoms with van der Waals surface area (Å²) in [5.41, 5.74) is 8.77. The van der Waals surface area contributed by atoms with Crippen LogP contribution in [0.4, 0.5) is 5.95 Å². The molecular formula is C15H14BrClN4O2. The molecule has 2 N–H and O–H groups in total. The lowest BCUT2D eigenvalue weighted by Gasteiger charge is -2.13. The Hall–Kier alpha value is -1.86. The van der Waals surface area contributed by atoms with Crippen molar-refractivity contribution in [1.29, 1.82) is 0 Å². The minimum Gasteiger partial charge on any atom is -0.496 e. The molecule has 0 radical (unpaired) electrons. The summed E-state index contributed by atoms with van der Waals surface area (Å²) in [6.45, 7) is 2.39. The highest BCUT2D eigenvalue weighted by Gasteiger charge is 2.28. The third kappa shape index (κ3) is 2.86. The fourth-order valence-electron chi connectivity index (χ4n) is 2.59. The zero-order valence-electron chi connectivity index (χ0n) is 12.6. The Bertz CT molecular complexity index is 813. The molecule has 2 heterocycles. The summed E-state index contributed by atoms with van der Waals surface area (Å²) >= 11 is 9.78. The number of hydrogen-bond donors (Lipinski definition) is 1. The average molecular weight is 398 g/mol. The highest BCUT2D eigenvalue weighted by molar-refractivity contribution is 9.10. The van der Waals surface area contributed by atoms with Crippen LogP contribution < -0.4 is 10.5 Å². The second-order valence-corrected chi connectivity index (χ2v) is 6.46. The number of benzene rings is 1. The van der Waals surface area contributed by atoms with Crippen LogP contribution >= 0.6 is 27.5 Å². The number of anilines is 1. The van der Waals surface area contributed by atoms with Gasteiger partial charge in [-0.1, -0.05) is 11.6 Å². The van der Waals surface area contributed by atoms with Crippen molar-refractivity contribution in [3.8, 4) is 17.0 Å². The van der Waals surface area contributed by atoms with Crippen molar-refractivity contribution in [2.24, 2.45) is 0 Å². The fraction of sp³-hybridized carbons (Fsp3) is 0.267. The maximum atomic E-state index is 11.7. The van der Waals surface area contributed by atoms with Crippen molar-refractivity contribution in [3.63, 3.8) is 0 Å². The molecule has 8 heteroatoms. The normalized spacial score (nSPS) is 13.1. The Morgan fingerprint density at radius 1 is 1.39 bits per heavy atom. The number of hydrogen-bond acceptors (Lipinski definition) is 5. The first kappa shape index (κ1) is 16.0.